The molecule has 0 aliphatic heterocycles. The van der Waals surface area contributed by atoms with Gasteiger partial charge in [-0.3, -0.25) is 0 Å². The summed E-state index contributed by atoms with van der Waals surface area (Å²) in [4.78, 5) is 7.20. The Morgan fingerprint density at radius 1 is 1.31 bits per heavy atom. The van der Waals surface area contributed by atoms with Gasteiger partial charge in [0, 0.05) is 23.1 Å². The summed E-state index contributed by atoms with van der Waals surface area (Å²) in [5.41, 5.74) is 3.24. The van der Waals surface area contributed by atoms with Crippen LogP contribution < -0.4 is 5.32 Å². The Morgan fingerprint density at radius 3 is 2.56 bits per heavy atom. The Hall–Kier alpha value is -1.48. The van der Waals surface area contributed by atoms with Crippen molar-refractivity contribution in [3.63, 3.8) is 0 Å². The van der Waals surface area contributed by atoms with Crippen molar-refractivity contribution in [2.24, 2.45) is 0 Å². The van der Waals surface area contributed by atoms with E-state index >= 15 is 0 Å². The number of halogens is 1. The molecule has 0 amide bonds. The molecule has 0 saturated carbocycles. The lowest BCUT2D eigenvalue weighted by Gasteiger charge is -2.09. The molecule has 0 radical (unpaired) electrons. The highest BCUT2D eigenvalue weighted by atomic mass is 35.5. The van der Waals surface area contributed by atoms with Crippen molar-refractivity contribution < 1.29 is 0 Å². The molecule has 16 heavy (non-hydrogen) atoms. The summed E-state index contributed by atoms with van der Waals surface area (Å²) in [6.45, 7) is 4.70. The van der Waals surface area contributed by atoms with Crippen molar-refractivity contribution in [1.82, 2.24) is 9.97 Å². The van der Waals surface area contributed by atoms with Crippen molar-refractivity contribution in [2.75, 3.05) is 5.32 Å². The van der Waals surface area contributed by atoms with Crippen molar-refractivity contribution in [3.8, 4) is 0 Å². The summed E-state index contributed by atoms with van der Waals surface area (Å²) in [6.07, 6.45) is 3.56. The fraction of sp³-hybridized carbons (Fsp3) is 0.250. The second-order valence-electron chi connectivity index (χ2n) is 3.81. The average Bonchev–Trinajstić information content (AvgIpc) is 2.75. The number of aryl methyl sites for hydroxylation is 2. The molecule has 2 aromatic rings. The number of hydrogen-bond acceptors (Lipinski definition) is 2. The van der Waals surface area contributed by atoms with Gasteiger partial charge in [0.1, 0.15) is 5.82 Å². The van der Waals surface area contributed by atoms with Crippen LogP contribution >= 0.6 is 11.6 Å². The number of nitrogens with zero attached hydrogens (tertiary/aromatic N) is 1. The number of benzene rings is 1. The number of rotatable bonds is 3. The van der Waals surface area contributed by atoms with Gasteiger partial charge in [0.05, 0.1) is 6.54 Å². The lowest BCUT2D eigenvalue weighted by Crippen LogP contribution is -2.01. The van der Waals surface area contributed by atoms with E-state index in [2.05, 4.69) is 15.3 Å². The number of H-pyrrole nitrogens is 1. The summed E-state index contributed by atoms with van der Waals surface area (Å²) in [5, 5.41) is 4.14. The minimum atomic E-state index is 0.688. The predicted molar refractivity (Wildman–Crippen MR) is 66.8 cm³/mol. The summed E-state index contributed by atoms with van der Waals surface area (Å²) in [7, 11) is 0. The Balaban J connectivity index is 2.10. The molecule has 0 fully saturated rings. The van der Waals surface area contributed by atoms with Crippen molar-refractivity contribution in [3.05, 3.63) is 46.5 Å². The van der Waals surface area contributed by atoms with Gasteiger partial charge in [-0.1, -0.05) is 11.6 Å². The first kappa shape index (κ1) is 11.0. The van der Waals surface area contributed by atoms with E-state index in [1.165, 1.54) is 0 Å². The predicted octanol–water partition coefficient (Wildman–Crippen LogP) is 3.29. The fourth-order valence-corrected chi connectivity index (χ4v) is 1.74. The smallest absolute Gasteiger partial charge is 0.125 e. The molecule has 2 rings (SSSR count). The highest BCUT2D eigenvalue weighted by Crippen LogP contribution is 2.24. The molecule has 0 saturated heterocycles. The van der Waals surface area contributed by atoms with E-state index in [1.807, 2.05) is 32.2 Å². The quantitative estimate of drug-likeness (QED) is 0.857. The maximum Gasteiger partial charge on any atom is 0.125 e. The van der Waals surface area contributed by atoms with Crippen LogP contribution in [0.4, 0.5) is 5.69 Å². The van der Waals surface area contributed by atoms with Crippen LogP contribution in [-0.4, -0.2) is 9.97 Å². The van der Waals surface area contributed by atoms with Crippen molar-refractivity contribution >= 4 is 17.3 Å². The molecule has 0 unspecified atom stereocenters. The molecule has 1 aromatic carbocycles. The SMILES string of the molecule is Cc1cc(NCc2ncc[nH]2)cc(C)c1Cl. The van der Waals surface area contributed by atoms with Crippen molar-refractivity contribution in [1.29, 1.82) is 0 Å². The highest BCUT2D eigenvalue weighted by Gasteiger charge is 2.02. The number of hydrogen-bond donors (Lipinski definition) is 2. The zero-order chi connectivity index (χ0) is 11.5. The third-order valence-corrected chi connectivity index (χ3v) is 3.05. The summed E-state index contributed by atoms with van der Waals surface area (Å²) in [6, 6.07) is 4.08. The maximum absolute atomic E-state index is 6.10. The summed E-state index contributed by atoms with van der Waals surface area (Å²) in [5.74, 6) is 0.922. The first-order valence-corrected chi connectivity index (χ1v) is 5.53. The second-order valence-corrected chi connectivity index (χ2v) is 4.19. The fourth-order valence-electron chi connectivity index (χ4n) is 1.63. The second kappa shape index (κ2) is 4.58. The topological polar surface area (TPSA) is 40.7 Å². The molecule has 0 spiro atoms. The van der Waals surface area contributed by atoms with Crippen LogP contribution in [0.1, 0.15) is 17.0 Å². The van der Waals surface area contributed by atoms with Crippen LogP contribution in [0.3, 0.4) is 0 Å². The molecular weight excluding hydrogens is 222 g/mol. The first-order valence-electron chi connectivity index (χ1n) is 5.15. The number of nitrogens with one attached hydrogen (secondary N) is 2. The third kappa shape index (κ3) is 2.36. The van der Waals surface area contributed by atoms with Gasteiger partial charge in [-0.15, -0.1) is 0 Å². The number of aromatic nitrogens is 2. The van der Waals surface area contributed by atoms with Gasteiger partial charge >= 0.3 is 0 Å². The molecule has 0 aliphatic rings. The molecule has 2 N–H and O–H groups in total. The minimum Gasteiger partial charge on any atom is -0.378 e. The highest BCUT2D eigenvalue weighted by molar-refractivity contribution is 6.32. The molecule has 0 aliphatic carbocycles. The normalized spacial score (nSPS) is 10.4. The van der Waals surface area contributed by atoms with Crippen LogP contribution in [0, 0.1) is 13.8 Å². The lowest BCUT2D eigenvalue weighted by atomic mass is 10.1. The van der Waals surface area contributed by atoms with E-state index in [-0.39, 0.29) is 0 Å². The molecule has 1 aromatic heterocycles. The standard InChI is InChI=1S/C12H14ClN3/c1-8-5-10(6-9(2)12(8)13)16-7-11-14-3-4-15-11/h3-6,16H,7H2,1-2H3,(H,14,15). The Bertz CT molecular complexity index is 454. The number of aromatic amines is 1. The van der Waals surface area contributed by atoms with Crippen LogP contribution in [0.2, 0.25) is 5.02 Å². The molecular formula is C12H14ClN3. The zero-order valence-electron chi connectivity index (χ0n) is 9.34. The van der Waals surface area contributed by atoms with Crippen LogP contribution in [-0.2, 0) is 6.54 Å². The molecule has 84 valence electrons. The maximum atomic E-state index is 6.10. The van der Waals surface area contributed by atoms with Gasteiger partial charge in [0.15, 0.2) is 0 Å². The van der Waals surface area contributed by atoms with E-state index in [4.69, 9.17) is 11.6 Å². The van der Waals surface area contributed by atoms with E-state index in [0.29, 0.717) is 6.54 Å². The lowest BCUT2D eigenvalue weighted by molar-refractivity contribution is 0.999. The molecule has 1 heterocycles. The number of imidazole rings is 1. The van der Waals surface area contributed by atoms with Crippen LogP contribution in [0.5, 0.6) is 0 Å². The van der Waals surface area contributed by atoms with Gasteiger partial charge in [0.2, 0.25) is 0 Å². The molecule has 0 bridgehead atoms. The largest absolute Gasteiger partial charge is 0.378 e. The average molecular weight is 236 g/mol. The van der Waals surface area contributed by atoms with Gasteiger partial charge in [0.25, 0.3) is 0 Å². The van der Waals surface area contributed by atoms with Crippen molar-refractivity contribution in [2.45, 2.75) is 20.4 Å². The summed E-state index contributed by atoms with van der Waals surface area (Å²) >= 11 is 6.10. The molecule has 0 atom stereocenters. The van der Waals surface area contributed by atoms with Crippen LogP contribution in [0.25, 0.3) is 0 Å². The minimum absolute atomic E-state index is 0.688. The van der Waals surface area contributed by atoms with E-state index in [1.54, 1.807) is 6.20 Å². The molecule has 4 heteroatoms. The van der Waals surface area contributed by atoms with Crippen LogP contribution in [0.15, 0.2) is 24.5 Å². The Labute approximate surface area is 99.9 Å². The Kier molecular flexibility index (Phi) is 3.15. The van der Waals surface area contributed by atoms with E-state index in [0.717, 1.165) is 27.7 Å². The van der Waals surface area contributed by atoms with E-state index < -0.39 is 0 Å². The van der Waals surface area contributed by atoms with Gasteiger partial charge in [-0.05, 0) is 37.1 Å². The first-order chi connectivity index (χ1) is 7.66. The third-order valence-electron chi connectivity index (χ3n) is 2.45. The van der Waals surface area contributed by atoms with E-state index in [9.17, 15) is 0 Å². The Morgan fingerprint density at radius 2 is 2.00 bits per heavy atom. The summed E-state index contributed by atoms with van der Waals surface area (Å²) < 4.78 is 0. The monoisotopic (exact) mass is 235 g/mol. The van der Waals surface area contributed by atoms with Gasteiger partial charge in [-0.2, -0.15) is 0 Å². The van der Waals surface area contributed by atoms with Gasteiger partial charge in [-0.25, -0.2) is 4.98 Å². The molecule has 3 nitrogen and oxygen atoms in total. The zero-order valence-corrected chi connectivity index (χ0v) is 10.1. The number of anilines is 1. The van der Waals surface area contributed by atoms with Gasteiger partial charge < -0.3 is 10.3 Å².